The minimum Gasteiger partial charge on any atom is -0.497 e. The molecule has 0 amide bonds. The lowest BCUT2D eigenvalue weighted by molar-refractivity contribution is 0.294. The first kappa shape index (κ1) is 15.3. The van der Waals surface area contributed by atoms with E-state index in [9.17, 15) is 0 Å². The molecule has 112 valence electrons. The first-order valence-electron chi connectivity index (χ1n) is 7.13. The van der Waals surface area contributed by atoms with Gasteiger partial charge < -0.3 is 15.2 Å². The molecule has 1 aromatic heterocycles. The van der Waals surface area contributed by atoms with Crippen molar-refractivity contribution >= 4 is 0 Å². The molecule has 2 N–H and O–H groups in total. The van der Waals surface area contributed by atoms with E-state index in [1.807, 2.05) is 43.3 Å². The maximum atomic E-state index is 6.12. The maximum Gasteiger partial charge on any atom is 0.130 e. The molecule has 0 radical (unpaired) electrons. The second-order valence-corrected chi connectivity index (χ2v) is 4.98. The molecule has 2 rings (SSSR count). The van der Waals surface area contributed by atoms with Gasteiger partial charge in [0, 0.05) is 29.4 Å². The summed E-state index contributed by atoms with van der Waals surface area (Å²) in [6.07, 6.45) is 0.872. The first-order valence-corrected chi connectivity index (χ1v) is 7.13. The number of aromatic nitrogens is 1. The van der Waals surface area contributed by atoms with Gasteiger partial charge in [-0.05, 0) is 19.4 Å². The Morgan fingerprint density at radius 1 is 1.24 bits per heavy atom. The molecule has 0 unspecified atom stereocenters. The number of pyridine rings is 1. The number of hydrogen-bond donors (Lipinski definition) is 1. The second kappa shape index (κ2) is 7.09. The summed E-state index contributed by atoms with van der Waals surface area (Å²) >= 11 is 0. The summed E-state index contributed by atoms with van der Waals surface area (Å²) < 4.78 is 11.2. The van der Waals surface area contributed by atoms with Crippen LogP contribution in [0.25, 0.3) is 0 Å². The molecule has 4 nitrogen and oxygen atoms in total. The van der Waals surface area contributed by atoms with Crippen LogP contribution in [-0.4, -0.2) is 12.1 Å². The Morgan fingerprint density at radius 2 is 2.00 bits per heavy atom. The van der Waals surface area contributed by atoms with E-state index in [2.05, 4.69) is 11.9 Å². The van der Waals surface area contributed by atoms with Crippen LogP contribution < -0.4 is 15.2 Å². The SMILES string of the molecule is CC[C@H](N)c1ccccc1OCc1cc(OC)cc(C)n1. The zero-order valence-electron chi connectivity index (χ0n) is 12.8. The van der Waals surface area contributed by atoms with Crippen LogP contribution >= 0.6 is 0 Å². The van der Waals surface area contributed by atoms with Crippen LogP contribution in [0.3, 0.4) is 0 Å². The molecule has 0 aliphatic carbocycles. The van der Waals surface area contributed by atoms with Gasteiger partial charge in [-0.2, -0.15) is 0 Å². The normalized spacial score (nSPS) is 12.0. The quantitative estimate of drug-likeness (QED) is 0.884. The van der Waals surface area contributed by atoms with Crippen LogP contribution in [0.15, 0.2) is 36.4 Å². The lowest BCUT2D eigenvalue weighted by atomic mass is 10.0. The Bertz CT molecular complexity index is 599. The van der Waals surface area contributed by atoms with Crippen molar-refractivity contribution < 1.29 is 9.47 Å². The molecular formula is C17H22N2O2. The molecule has 0 saturated heterocycles. The van der Waals surface area contributed by atoms with E-state index >= 15 is 0 Å². The van der Waals surface area contributed by atoms with Crippen LogP contribution in [0.2, 0.25) is 0 Å². The molecule has 1 heterocycles. The molecule has 0 aliphatic heterocycles. The van der Waals surface area contributed by atoms with Crippen LogP contribution in [0.1, 0.15) is 36.3 Å². The van der Waals surface area contributed by atoms with Gasteiger partial charge in [0.25, 0.3) is 0 Å². The summed E-state index contributed by atoms with van der Waals surface area (Å²) in [6, 6.07) is 11.6. The van der Waals surface area contributed by atoms with Crippen molar-refractivity contribution in [2.24, 2.45) is 5.73 Å². The van der Waals surface area contributed by atoms with Crippen molar-refractivity contribution in [3.8, 4) is 11.5 Å². The van der Waals surface area contributed by atoms with Crippen LogP contribution in [0.4, 0.5) is 0 Å². The molecular weight excluding hydrogens is 264 g/mol. The highest BCUT2D eigenvalue weighted by Gasteiger charge is 2.10. The van der Waals surface area contributed by atoms with Crippen LogP contribution in [0.5, 0.6) is 11.5 Å². The van der Waals surface area contributed by atoms with E-state index in [4.69, 9.17) is 15.2 Å². The highest BCUT2D eigenvalue weighted by atomic mass is 16.5. The Balaban J connectivity index is 2.15. The maximum absolute atomic E-state index is 6.12. The van der Waals surface area contributed by atoms with Crippen molar-refractivity contribution in [3.63, 3.8) is 0 Å². The van der Waals surface area contributed by atoms with E-state index in [1.54, 1.807) is 7.11 Å². The fourth-order valence-corrected chi connectivity index (χ4v) is 2.18. The molecule has 0 spiro atoms. The molecule has 2 aromatic rings. The molecule has 4 heteroatoms. The van der Waals surface area contributed by atoms with Gasteiger partial charge in [-0.1, -0.05) is 25.1 Å². The Labute approximate surface area is 125 Å². The summed E-state index contributed by atoms with van der Waals surface area (Å²) in [4.78, 5) is 4.46. The van der Waals surface area contributed by atoms with Gasteiger partial charge in [0.15, 0.2) is 0 Å². The van der Waals surface area contributed by atoms with Crippen molar-refractivity contribution in [2.75, 3.05) is 7.11 Å². The van der Waals surface area contributed by atoms with E-state index in [-0.39, 0.29) is 6.04 Å². The molecule has 0 saturated carbocycles. The number of nitrogens with two attached hydrogens (primary N) is 1. The Morgan fingerprint density at radius 3 is 2.71 bits per heavy atom. The Hall–Kier alpha value is -2.07. The van der Waals surface area contributed by atoms with Crippen molar-refractivity contribution in [1.82, 2.24) is 4.98 Å². The zero-order valence-corrected chi connectivity index (χ0v) is 12.8. The average molecular weight is 286 g/mol. The molecule has 1 atom stereocenters. The van der Waals surface area contributed by atoms with Gasteiger partial charge in [-0.25, -0.2) is 0 Å². The molecule has 21 heavy (non-hydrogen) atoms. The summed E-state index contributed by atoms with van der Waals surface area (Å²) in [6.45, 7) is 4.40. The van der Waals surface area contributed by atoms with Gasteiger partial charge in [0.05, 0.1) is 12.8 Å². The lowest BCUT2D eigenvalue weighted by Gasteiger charge is -2.15. The van der Waals surface area contributed by atoms with Crippen molar-refractivity contribution in [2.45, 2.75) is 32.9 Å². The minimum atomic E-state index is -0.0128. The first-order chi connectivity index (χ1) is 10.1. The van der Waals surface area contributed by atoms with E-state index in [1.165, 1.54) is 0 Å². The van der Waals surface area contributed by atoms with Crippen LogP contribution in [-0.2, 0) is 6.61 Å². The summed E-state index contributed by atoms with van der Waals surface area (Å²) in [5, 5.41) is 0. The fraction of sp³-hybridized carbons (Fsp3) is 0.353. The third kappa shape index (κ3) is 3.95. The summed E-state index contributed by atoms with van der Waals surface area (Å²) in [5.41, 5.74) is 8.89. The van der Waals surface area contributed by atoms with Crippen LogP contribution in [0, 0.1) is 6.92 Å². The lowest BCUT2D eigenvalue weighted by Crippen LogP contribution is -2.11. The molecule has 0 fully saturated rings. The number of aryl methyl sites for hydroxylation is 1. The largest absolute Gasteiger partial charge is 0.497 e. The second-order valence-electron chi connectivity index (χ2n) is 4.98. The van der Waals surface area contributed by atoms with Gasteiger partial charge in [-0.3, -0.25) is 4.98 Å². The number of nitrogens with zero attached hydrogens (tertiary/aromatic N) is 1. The van der Waals surface area contributed by atoms with Gasteiger partial charge in [0.2, 0.25) is 0 Å². The number of para-hydroxylation sites is 1. The number of ether oxygens (including phenoxy) is 2. The van der Waals surface area contributed by atoms with Crippen molar-refractivity contribution in [1.29, 1.82) is 0 Å². The van der Waals surface area contributed by atoms with E-state index < -0.39 is 0 Å². The smallest absolute Gasteiger partial charge is 0.130 e. The minimum absolute atomic E-state index is 0.0128. The number of hydrogen-bond acceptors (Lipinski definition) is 4. The topological polar surface area (TPSA) is 57.4 Å². The van der Waals surface area contributed by atoms with Gasteiger partial charge in [0.1, 0.15) is 18.1 Å². The highest BCUT2D eigenvalue weighted by Crippen LogP contribution is 2.26. The summed E-state index contributed by atoms with van der Waals surface area (Å²) in [7, 11) is 1.65. The van der Waals surface area contributed by atoms with Gasteiger partial charge >= 0.3 is 0 Å². The number of rotatable bonds is 6. The standard InChI is InChI=1S/C17H22N2O2/c1-4-16(18)15-7-5-6-8-17(15)21-11-13-10-14(20-3)9-12(2)19-13/h5-10,16H,4,11,18H2,1-3H3/t16-/m0/s1. The monoisotopic (exact) mass is 286 g/mol. The fourth-order valence-electron chi connectivity index (χ4n) is 2.18. The van der Waals surface area contributed by atoms with Gasteiger partial charge in [-0.15, -0.1) is 0 Å². The zero-order chi connectivity index (χ0) is 15.2. The molecule has 0 aliphatic rings. The third-order valence-electron chi connectivity index (χ3n) is 3.35. The Kier molecular flexibility index (Phi) is 5.17. The number of methoxy groups -OCH3 is 1. The predicted octanol–water partition coefficient (Wildman–Crippen LogP) is 3.39. The third-order valence-corrected chi connectivity index (χ3v) is 3.35. The predicted molar refractivity (Wildman–Crippen MR) is 83.5 cm³/mol. The van der Waals surface area contributed by atoms with E-state index in [0.29, 0.717) is 6.61 Å². The molecule has 1 aromatic carbocycles. The van der Waals surface area contributed by atoms with E-state index in [0.717, 1.165) is 34.9 Å². The van der Waals surface area contributed by atoms with Crippen molar-refractivity contribution in [3.05, 3.63) is 53.3 Å². The molecule has 0 bridgehead atoms. The highest BCUT2D eigenvalue weighted by molar-refractivity contribution is 5.36. The average Bonchev–Trinajstić information content (AvgIpc) is 2.51. The summed E-state index contributed by atoms with van der Waals surface area (Å²) in [5.74, 6) is 1.61. The number of benzene rings is 1.